The summed E-state index contributed by atoms with van der Waals surface area (Å²) in [5.74, 6) is 0. The predicted molar refractivity (Wildman–Crippen MR) is 51.8 cm³/mol. The quantitative estimate of drug-likeness (QED) is 0.794. The standard InChI is InChI=1S/C8H9BrClN/c1-5-2-3-7(9)8(10)6(5)4-11/h2-3H,4,11H2,1H3. The molecule has 0 unspecified atom stereocenters. The number of hydrogen-bond acceptors (Lipinski definition) is 1. The van der Waals surface area contributed by atoms with Crippen LogP contribution < -0.4 is 5.73 Å². The summed E-state index contributed by atoms with van der Waals surface area (Å²) in [6, 6.07) is 3.93. The van der Waals surface area contributed by atoms with Crippen LogP contribution in [-0.4, -0.2) is 0 Å². The van der Waals surface area contributed by atoms with E-state index in [1.807, 2.05) is 19.1 Å². The molecule has 0 aliphatic carbocycles. The molecule has 3 heteroatoms. The molecule has 0 amide bonds. The van der Waals surface area contributed by atoms with E-state index in [-0.39, 0.29) is 0 Å². The second-order valence-electron chi connectivity index (χ2n) is 2.36. The van der Waals surface area contributed by atoms with Crippen molar-refractivity contribution in [2.45, 2.75) is 13.5 Å². The Labute approximate surface area is 79.7 Å². The number of nitrogens with two attached hydrogens (primary N) is 1. The molecule has 0 atom stereocenters. The lowest BCUT2D eigenvalue weighted by Crippen LogP contribution is -2.00. The van der Waals surface area contributed by atoms with Gasteiger partial charge in [0.25, 0.3) is 0 Å². The first kappa shape index (κ1) is 9.04. The average molecular weight is 235 g/mol. The van der Waals surface area contributed by atoms with Crippen molar-refractivity contribution in [3.05, 3.63) is 32.8 Å². The van der Waals surface area contributed by atoms with Gasteiger partial charge in [-0.1, -0.05) is 17.7 Å². The van der Waals surface area contributed by atoms with E-state index >= 15 is 0 Å². The Hall–Kier alpha value is -0.0500. The molecule has 0 saturated heterocycles. The van der Waals surface area contributed by atoms with Crippen molar-refractivity contribution in [3.8, 4) is 0 Å². The molecule has 0 radical (unpaired) electrons. The van der Waals surface area contributed by atoms with Gasteiger partial charge >= 0.3 is 0 Å². The molecule has 0 heterocycles. The van der Waals surface area contributed by atoms with Crippen LogP contribution in [0.2, 0.25) is 5.02 Å². The summed E-state index contributed by atoms with van der Waals surface area (Å²) in [6.45, 7) is 2.49. The van der Waals surface area contributed by atoms with E-state index in [1.165, 1.54) is 0 Å². The summed E-state index contributed by atoms with van der Waals surface area (Å²) in [7, 11) is 0. The van der Waals surface area contributed by atoms with Crippen LogP contribution in [0.5, 0.6) is 0 Å². The molecule has 1 aromatic rings. The van der Waals surface area contributed by atoms with Crippen LogP contribution in [0.15, 0.2) is 16.6 Å². The lowest BCUT2D eigenvalue weighted by Gasteiger charge is -2.06. The molecule has 1 nitrogen and oxygen atoms in total. The molecule has 60 valence electrons. The van der Waals surface area contributed by atoms with E-state index in [1.54, 1.807) is 0 Å². The van der Waals surface area contributed by atoms with Crippen molar-refractivity contribution in [2.75, 3.05) is 0 Å². The van der Waals surface area contributed by atoms with Gasteiger partial charge in [-0.05, 0) is 40.0 Å². The van der Waals surface area contributed by atoms with Gasteiger partial charge < -0.3 is 5.73 Å². The summed E-state index contributed by atoms with van der Waals surface area (Å²) < 4.78 is 0.908. The normalized spacial score (nSPS) is 10.2. The zero-order valence-corrected chi connectivity index (χ0v) is 8.54. The van der Waals surface area contributed by atoms with Crippen LogP contribution in [0, 0.1) is 6.92 Å². The van der Waals surface area contributed by atoms with Gasteiger partial charge in [0.2, 0.25) is 0 Å². The number of halogens is 2. The van der Waals surface area contributed by atoms with E-state index in [9.17, 15) is 0 Å². The molecule has 0 spiro atoms. The summed E-state index contributed by atoms with van der Waals surface area (Å²) in [5.41, 5.74) is 7.67. The van der Waals surface area contributed by atoms with Crippen molar-refractivity contribution in [2.24, 2.45) is 5.73 Å². The maximum absolute atomic E-state index is 5.97. The maximum Gasteiger partial charge on any atom is 0.0595 e. The lowest BCUT2D eigenvalue weighted by atomic mass is 10.1. The molecule has 0 bridgehead atoms. The van der Waals surface area contributed by atoms with Gasteiger partial charge in [0, 0.05) is 11.0 Å². The molecule has 0 fully saturated rings. The Kier molecular flexibility index (Phi) is 2.93. The Morgan fingerprint density at radius 1 is 1.55 bits per heavy atom. The van der Waals surface area contributed by atoms with E-state index in [0.29, 0.717) is 6.54 Å². The SMILES string of the molecule is Cc1ccc(Br)c(Cl)c1CN. The van der Waals surface area contributed by atoms with Crippen LogP contribution >= 0.6 is 27.5 Å². The number of benzene rings is 1. The van der Waals surface area contributed by atoms with Crippen LogP contribution in [-0.2, 0) is 6.54 Å². The minimum atomic E-state index is 0.490. The fourth-order valence-electron chi connectivity index (χ4n) is 0.940. The third-order valence-electron chi connectivity index (χ3n) is 1.63. The van der Waals surface area contributed by atoms with Crippen LogP contribution in [0.4, 0.5) is 0 Å². The Balaban J connectivity index is 3.29. The fourth-order valence-corrected chi connectivity index (χ4v) is 1.60. The molecule has 1 aromatic carbocycles. The maximum atomic E-state index is 5.97. The Bertz CT molecular complexity index is 273. The van der Waals surface area contributed by atoms with E-state index in [0.717, 1.165) is 20.6 Å². The first-order valence-corrected chi connectivity index (χ1v) is 4.47. The second kappa shape index (κ2) is 3.57. The molecular formula is C8H9BrClN. The highest BCUT2D eigenvalue weighted by Gasteiger charge is 2.04. The van der Waals surface area contributed by atoms with Gasteiger partial charge in [-0.2, -0.15) is 0 Å². The average Bonchev–Trinajstić information content (AvgIpc) is 1.99. The summed E-state index contributed by atoms with van der Waals surface area (Å²) in [4.78, 5) is 0. The van der Waals surface area contributed by atoms with Crippen molar-refractivity contribution in [1.82, 2.24) is 0 Å². The molecule has 0 aromatic heterocycles. The minimum absolute atomic E-state index is 0.490. The summed E-state index contributed by atoms with van der Waals surface area (Å²) in [6.07, 6.45) is 0. The molecule has 0 aliphatic rings. The molecule has 11 heavy (non-hydrogen) atoms. The zero-order chi connectivity index (χ0) is 8.43. The topological polar surface area (TPSA) is 26.0 Å². The number of aryl methyl sites for hydroxylation is 1. The molecule has 2 N–H and O–H groups in total. The van der Waals surface area contributed by atoms with Gasteiger partial charge in [-0.25, -0.2) is 0 Å². The first-order chi connectivity index (χ1) is 5.16. The molecular weight excluding hydrogens is 225 g/mol. The van der Waals surface area contributed by atoms with E-state index < -0.39 is 0 Å². The first-order valence-electron chi connectivity index (χ1n) is 3.30. The van der Waals surface area contributed by atoms with Crippen LogP contribution in [0.1, 0.15) is 11.1 Å². The summed E-state index contributed by atoms with van der Waals surface area (Å²) >= 11 is 9.31. The highest BCUT2D eigenvalue weighted by molar-refractivity contribution is 9.10. The summed E-state index contributed by atoms with van der Waals surface area (Å²) in [5, 5.41) is 0.729. The van der Waals surface area contributed by atoms with Crippen LogP contribution in [0.3, 0.4) is 0 Å². The Morgan fingerprint density at radius 2 is 2.18 bits per heavy atom. The highest BCUT2D eigenvalue weighted by Crippen LogP contribution is 2.27. The van der Waals surface area contributed by atoms with Crippen molar-refractivity contribution in [1.29, 1.82) is 0 Å². The van der Waals surface area contributed by atoms with Gasteiger partial charge in [-0.3, -0.25) is 0 Å². The molecule has 0 saturated carbocycles. The van der Waals surface area contributed by atoms with E-state index in [4.69, 9.17) is 17.3 Å². The van der Waals surface area contributed by atoms with Crippen molar-refractivity contribution in [3.63, 3.8) is 0 Å². The monoisotopic (exact) mass is 233 g/mol. The van der Waals surface area contributed by atoms with Crippen molar-refractivity contribution < 1.29 is 0 Å². The minimum Gasteiger partial charge on any atom is -0.326 e. The second-order valence-corrected chi connectivity index (χ2v) is 3.59. The van der Waals surface area contributed by atoms with Gasteiger partial charge in [0.15, 0.2) is 0 Å². The third-order valence-corrected chi connectivity index (χ3v) is 2.96. The molecule has 0 aliphatic heterocycles. The van der Waals surface area contributed by atoms with Crippen LogP contribution in [0.25, 0.3) is 0 Å². The smallest absolute Gasteiger partial charge is 0.0595 e. The highest BCUT2D eigenvalue weighted by atomic mass is 79.9. The number of rotatable bonds is 1. The Morgan fingerprint density at radius 3 is 2.64 bits per heavy atom. The van der Waals surface area contributed by atoms with Gasteiger partial charge in [0.05, 0.1) is 5.02 Å². The third kappa shape index (κ3) is 1.75. The van der Waals surface area contributed by atoms with Crippen molar-refractivity contribution >= 4 is 27.5 Å². The largest absolute Gasteiger partial charge is 0.326 e. The number of hydrogen-bond donors (Lipinski definition) is 1. The lowest BCUT2D eigenvalue weighted by molar-refractivity contribution is 1.05. The van der Waals surface area contributed by atoms with E-state index in [2.05, 4.69) is 15.9 Å². The van der Waals surface area contributed by atoms with Gasteiger partial charge in [0.1, 0.15) is 0 Å². The van der Waals surface area contributed by atoms with Gasteiger partial charge in [-0.15, -0.1) is 0 Å². The zero-order valence-electron chi connectivity index (χ0n) is 6.20. The predicted octanol–water partition coefficient (Wildman–Crippen LogP) is 2.87. The fraction of sp³-hybridized carbons (Fsp3) is 0.250. The molecule has 1 rings (SSSR count).